The highest BCUT2D eigenvalue weighted by Gasteiger charge is 2.23. The lowest BCUT2D eigenvalue weighted by atomic mass is 10.0. The predicted molar refractivity (Wildman–Crippen MR) is 136 cm³/mol. The van der Waals surface area contributed by atoms with Crippen LogP contribution >= 0.6 is 0 Å². The number of ether oxygens (including phenoxy) is 3. The molecule has 0 spiro atoms. The summed E-state index contributed by atoms with van der Waals surface area (Å²) in [4.78, 5) is 38.8. The van der Waals surface area contributed by atoms with Crippen molar-refractivity contribution in [3.05, 3.63) is 82.9 Å². The van der Waals surface area contributed by atoms with Crippen molar-refractivity contribution in [1.82, 2.24) is 4.90 Å². The molecule has 0 N–H and O–H groups in total. The maximum Gasteiger partial charge on any atom is 0.410 e. The summed E-state index contributed by atoms with van der Waals surface area (Å²) >= 11 is 0. The Hall–Kier alpha value is -3.87. The topological polar surface area (TPSA) is 82.1 Å². The van der Waals surface area contributed by atoms with E-state index in [-0.39, 0.29) is 6.54 Å². The fraction of sp³-hybridized carbons (Fsp3) is 0.321. The largest absolute Gasteiger partial charge is 0.465 e. The van der Waals surface area contributed by atoms with Crippen molar-refractivity contribution in [3.8, 4) is 0 Å². The minimum absolute atomic E-state index is 0.227. The smallest absolute Gasteiger partial charge is 0.410 e. The van der Waals surface area contributed by atoms with Gasteiger partial charge in [-0.15, -0.1) is 0 Å². The Bertz CT molecular complexity index is 1110. The van der Waals surface area contributed by atoms with E-state index in [9.17, 15) is 14.4 Å². The maximum absolute atomic E-state index is 13.0. The Balaban J connectivity index is 2.32. The molecule has 1 amide bonds. The second kappa shape index (κ2) is 12.0. The molecule has 2 rings (SSSR count). The normalized spacial score (nSPS) is 10.8. The van der Waals surface area contributed by atoms with Crippen LogP contribution in [0.15, 0.2) is 49.6 Å². The number of amides is 1. The van der Waals surface area contributed by atoms with Crippen LogP contribution in [0, 0.1) is 0 Å². The molecular formula is C28H33NO6. The van der Waals surface area contributed by atoms with Gasteiger partial charge in [-0.2, -0.15) is 0 Å². The Morgan fingerprint density at radius 2 is 1.46 bits per heavy atom. The van der Waals surface area contributed by atoms with Crippen molar-refractivity contribution in [2.75, 3.05) is 20.8 Å². The molecule has 0 heterocycles. The minimum Gasteiger partial charge on any atom is -0.465 e. The average Bonchev–Trinajstić information content (AvgIpc) is 2.83. The lowest BCUT2D eigenvalue weighted by molar-refractivity contribution is 0.0235. The molecule has 0 aliphatic heterocycles. The zero-order valence-electron chi connectivity index (χ0n) is 21.1. The fourth-order valence-electron chi connectivity index (χ4n) is 3.44. The third-order valence-electron chi connectivity index (χ3n) is 5.18. The summed E-state index contributed by atoms with van der Waals surface area (Å²) in [5.74, 6) is -0.917. The van der Waals surface area contributed by atoms with Gasteiger partial charge in [0.15, 0.2) is 0 Å². The van der Waals surface area contributed by atoms with Crippen molar-refractivity contribution in [1.29, 1.82) is 0 Å². The highest BCUT2D eigenvalue weighted by atomic mass is 16.6. The van der Waals surface area contributed by atoms with Gasteiger partial charge in [0.25, 0.3) is 0 Å². The average molecular weight is 480 g/mol. The number of carbonyl (C=O) groups excluding carboxylic acids is 3. The maximum atomic E-state index is 13.0. The van der Waals surface area contributed by atoms with E-state index in [1.807, 2.05) is 18.2 Å². The monoisotopic (exact) mass is 479 g/mol. The predicted octanol–water partition coefficient (Wildman–Crippen LogP) is 5.53. The number of esters is 2. The zero-order chi connectivity index (χ0) is 26.2. The first-order valence-corrected chi connectivity index (χ1v) is 11.2. The first kappa shape index (κ1) is 27.4. The molecular weight excluding hydrogens is 446 g/mol. The third kappa shape index (κ3) is 7.57. The van der Waals surface area contributed by atoms with Gasteiger partial charge in [-0.1, -0.05) is 49.6 Å². The van der Waals surface area contributed by atoms with E-state index in [0.29, 0.717) is 35.2 Å². The lowest BCUT2D eigenvalue weighted by Crippen LogP contribution is -2.37. The molecule has 0 aromatic heterocycles. The lowest BCUT2D eigenvalue weighted by Gasteiger charge is -2.28. The Kier molecular flexibility index (Phi) is 9.40. The quantitative estimate of drug-likeness (QED) is 0.348. The van der Waals surface area contributed by atoms with Crippen LogP contribution in [0.1, 0.15) is 63.7 Å². The van der Waals surface area contributed by atoms with Crippen LogP contribution in [-0.4, -0.2) is 49.3 Å². The zero-order valence-corrected chi connectivity index (χ0v) is 21.1. The molecule has 2 aromatic rings. The van der Waals surface area contributed by atoms with E-state index in [1.54, 1.807) is 56.0 Å². The Morgan fingerprint density at radius 3 is 2.03 bits per heavy atom. The summed E-state index contributed by atoms with van der Waals surface area (Å²) in [7, 11) is 2.65. The van der Waals surface area contributed by atoms with Gasteiger partial charge < -0.3 is 19.1 Å². The number of benzene rings is 2. The van der Waals surface area contributed by atoms with Crippen molar-refractivity contribution in [3.63, 3.8) is 0 Å². The molecule has 0 unspecified atom stereocenters. The molecule has 2 aromatic carbocycles. The van der Waals surface area contributed by atoms with Crippen LogP contribution in [0.3, 0.4) is 0 Å². The second-order valence-electron chi connectivity index (χ2n) is 8.89. The molecule has 7 heteroatoms. The number of rotatable bonds is 9. The molecule has 0 saturated carbocycles. The first-order valence-electron chi connectivity index (χ1n) is 11.2. The van der Waals surface area contributed by atoms with Gasteiger partial charge in [0.05, 0.1) is 25.3 Å². The van der Waals surface area contributed by atoms with Crippen LogP contribution in [-0.2, 0) is 27.2 Å². The molecule has 0 fully saturated rings. The van der Waals surface area contributed by atoms with Crippen molar-refractivity contribution < 1.29 is 28.6 Å². The van der Waals surface area contributed by atoms with Gasteiger partial charge in [-0.3, -0.25) is 0 Å². The summed E-state index contributed by atoms with van der Waals surface area (Å²) in [6.07, 6.45) is 3.21. The second-order valence-corrected chi connectivity index (χ2v) is 8.89. The van der Waals surface area contributed by atoms with Crippen molar-refractivity contribution in [2.24, 2.45) is 0 Å². The number of hydrogen-bond donors (Lipinski definition) is 0. The first-order chi connectivity index (χ1) is 16.5. The molecule has 0 atom stereocenters. The van der Waals surface area contributed by atoms with E-state index < -0.39 is 23.6 Å². The SMILES string of the molecule is C=Cc1cc(CCN(Cc2ccc(C=C)c(C(=O)OC)c2)C(=O)OC(C)(C)C)ccc1C(=O)OC. The Morgan fingerprint density at radius 1 is 0.857 bits per heavy atom. The Labute approximate surface area is 207 Å². The number of nitrogens with zero attached hydrogens (tertiary/aromatic N) is 1. The van der Waals surface area contributed by atoms with Gasteiger partial charge in [-0.05, 0) is 61.6 Å². The number of methoxy groups -OCH3 is 2. The summed E-state index contributed by atoms with van der Waals surface area (Å²) in [6.45, 7) is 13.5. The van der Waals surface area contributed by atoms with Gasteiger partial charge in [-0.25, -0.2) is 14.4 Å². The molecule has 0 aliphatic rings. The molecule has 0 bridgehead atoms. The molecule has 7 nitrogen and oxygen atoms in total. The van der Waals surface area contributed by atoms with E-state index in [1.165, 1.54) is 14.2 Å². The van der Waals surface area contributed by atoms with E-state index >= 15 is 0 Å². The minimum atomic E-state index is -0.669. The van der Waals surface area contributed by atoms with Crippen LogP contribution in [0.4, 0.5) is 4.79 Å². The fourth-order valence-corrected chi connectivity index (χ4v) is 3.44. The molecule has 0 saturated heterocycles. The molecule has 0 aliphatic carbocycles. The number of carbonyl (C=O) groups is 3. The van der Waals surface area contributed by atoms with Gasteiger partial charge in [0, 0.05) is 13.1 Å². The van der Waals surface area contributed by atoms with Crippen LogP contribution in [0.2, 0.25) is 0 Å². The van der Waals surface area contributed by atoms with E-state index in [2.05, 4.69) is 13.2 Å². The summed E-state index contributed by atoms with van der Waals surface area (Å²) < 4.78 is 15.3. The summed E-state index contributed by atoms with van der Waals surface area (Å²) in [6, 6.07) is 10.7. The van der Waals surface area contributed by atoms with Crippen molar-refractivity contribution in [2.45, 2.75) is 39.3 Å². The molecule has 186 valence electrons. The summed E-state index contributed by atoms with van der Waals surface area (Å²) in [5, 5.41) is 0. The summed E-state index contributed by atoms with van der Waals surface area (Å²) in [5.41, 5.74) is 3.09. The number of hydrogen-bond acceptors (Lipinski definition) is 6. The highest BCUT2D eigenvalue weighted by Crippen LogP contribution is 2.20. The van der Waals surface area contributed by atoms with Crippen LogP contribution in [0.5, 0.6) is 0 Å². The van der Waals surface area contributed by atoms with Gasteiger partial charge >= 0.3 is 18.0 Å². The van der Waals surface area contributed by atoms with Gasteiger partial charge in [0.1, 0.15) is 5.60 Å². The van der Waals surface area contributed by atoms with Crippen LogP contribution in [0.25, 0.3) is 12.2 Å². The van der Waals surface area contributed by atoms with Crippen LogP contribution < -0.4 is 0 Å². The van der Waals surface area contributed by atoms with E-state index in [0.717, 1.165) is 11.1 Å². The standard InChI is InChI=1S/C28H33NO6/c1-8-21-12-10-20(17-24(21)26(31)34-7)18-29(27(32)35-28(3,4)5)15-14-19-11-13-23(25(30)33-6)22(9-2)16-19/h8-13,16-17H,1-2,14-15,18H2,3-7H3. The molecule has 0 radical (unpaired) electrons. The van der Waals surface area contributed by atoms with Gasteiger partial charge in [0.2, 0.25) is 0 Å². The third-order valence-corrected chi connectivity index (χ3v) is 5.18. The highest BCUT2D eigenvalue weighted by molar-refractivity contribution is 5.94. The van der Waals surface area contributed by atoms with E-state index in [4.69, 9.17) is 14.2 Å². The molecule has 35 heavy (non-hydrogen) atoms. The van der Waals surface area contributed by atoms with Crippen molar-refractivity contribution >= 4 is 30.2 Å².